The Labute approximate surface area is 51.6 Å². The summed E-state index contributed by atoms with van der Waals surface area (Å²) in [7, 11) is 0. The van der Waals surface area contributed by atoms with Crippen LogP contribution in [0.25, 0.3) is 0 Å². The van der Waals surface area contributed by atoms with Gasteiger partial charge in [-0.3, -0.25) is 10.2 Å². The molecule has 0 aromatic heterocycles. The highest BCUT2D eigenvalue weighted by Gasteiger charge is 1.95. The van der Waals surface area contributed by atoms with Crippen molar-refractivity contribution in [3.8, 4) is 0 Å². The molecule has 0 saturated heterocycles. The molecular weight excluding hydrogens is 128 g/mol. The number of carbonyl (C=O) groups is 1. The lowest BCUT2D eigenvalue weighted by molar-refractivity contribution is -0.102. The van der Waals surface area contributed by atoms with Crippen LogP contribution in [0.2, 0.25) is 0 Å². The summed E-state index contributed by atoms with van der Waals surface area (Å²) in [6.45, 7) is 0. The summed E-state index contributed by atoms with van der Waals surface area (Å²) in [5.41, 5.74) is 4.56. The van der Waals surface area contributed by atoms with E-state index in [4.69, 9.17) is 22.7 Å². The van der Waals surface area contributed by atoms with E-state index in [-0.39, 0.29) is 10.7 Å². The largest absolute Gasteiger partial charge is 0.403 e. The molecule has 0 bridgehead atoms. The molecule has 0 amide bonds. The maximum atomic E-state index is 9.70. The Bertz CT molecular complexity index is 141. The first-order valence-electron chi connectivity index (χ1n) is 1.84. The average molecular weight is 133 g/mol. The summed E-state index contributed by atoms with van der Waals surface area (Å²) in [6, 6.07) is 0. The van der Waals surface area contributed by atoms with Crippen molar-refractivity contribution in [1.29, 1.82) is 5.41 Å². The minimum atomic E-state index is -0.297. The number of hydrogen-bond donors (Lipinski definition) is 2. The molecule has 44 valence electrons. The molecule has 0 saturated carbocycles. The van der Waals surface area contributed by atoms with Crippen LogP contribution in [0.1, 0.15) is 0 Å². The standard InChI is InChI=1S/C4H5ClN2O/c5-3(1-6)4(7)2-8/h1-2,7H,6H2/b3-1+,7-4?. The minimum Gasteiger partial charge on any atom is -0.403 e. The van der Waals surface area contributed by atoms with Gasteiger partial charge in [0.15, 0.2) is 6.29 Å². The second-order valence-electron chi connectivity index (χ2n) is 1.05. The Morgan fingerprint density at radius 1 is 1.75 bits per heavy atom. The van der Waals surface area contributed by atoms with Crippen LogP contribution >= 0.6 is 11.6 Å². The van der Waals surface area contributed by atoms with Crippen LogP contribution in [0, 0.1) is 5.41 Å². The molecule has 0 aliphatic carbocycles. The van der Waals surface area contributed by atoms with Crippen LogP contribution in [0.5, 0.6) is 0 Å². The number of hydrogen-bond acceptors (Lipinski definition) is 3. The molecule has 0 aliphatic rings. The summed E-state index contributed by atoms with van der Waals surface area (Å²) in [4.78, 5) is 9.70. The Balaban J connectivity index is 4.03. The van der Waals surface area contributed by atoms with Crippen molar-refractivity contribution in [2.24, 2.45) is 5.73 Å². The maximum Gasteiger partial charge on any atom is 0.169 e. The number of carbonyl (C=O) groups excluding carboxylic acids is 1. The van der Waals surface area contributed by atoms with E-state index < -0.39 is 0 Å². The van der Waals surface area contributed by atoms with Gasteiger partial charge >= 0.3 is 0 Å². The van der Waals surface area contributed by atoms with Gasteiger partial charge in [-0.2, -0.15) is 0 Å². The molecular formula is C4H5ClN2O. The van der Waals surface area contributed by atoms with Gasteiger partial charge in [0, 0.05) is 6.20 Å². The molecule has 0 aliphatic heterocycles. The smallest absolute Gasteiger partial charge is 0.169 e. The molecule has 4 heteroatoms. The highest BCUT2D eigenvalue weighted by Crippen LogP contribution is 1.96. The van der Waals surface area contributed by atoms with Crippen molar-refractivity contribution in [2.45, 2.75) is 0 Å². The average Bonchev–Trinajstić information content (AvgIpc) is 1.84. The maximum absolute atomic E-state index is 9.70. The third kappa shape index (κ3) is 1.75. The molecule has 3 N–H and O–H groups in total. The fraction of sp³-hybridized carbons (Fsp3) is 0. The van der Waals surface area contributed by atoms with Gasteiger partial charge in [0.1, 0.15) is 5.71 Å². The lowest BCUT2D eigenvalue weighted by Gasteiger charge is -1.85. The molecule has 3 nitrogen and oxygen atoms in total. The van der Waals surface area contributed by atoms with Crippen molar-refractivity contribution in [1.82, 2.24) is 0 Å². The first kappa shape index (κ1) is 7.17. The van der Waals surface area contributed by atoms with Gasteiger partial charge in [-0.15, -0.1) is 0 Å². The van der Waals surface area contributed by atoms with E-state index in [0.717, 1.165) is 6.20 Å². The molecule has 8 heavy (non-hydrogen) atoms. The first-order chi connectivity index (χ1) is 3.72. The zero-order valence-corrected chi connectivity index (χ0v) is 4.77. The van der Waals surface area contributed by atoms with E-state index >= 15 is 0 Å². The number of nitrogens with two attached hydrogens (primary N) is 1. The Morgan fingerprint density at radius 3 is 2.38 bits per heavy atom. The predicted octanol–water partition coefficient (Wildman–Crippen LogP) is 0.244. The first-order valence-corrected chi connectivity index (χ1v) is 2.21. The van der Waals surface area contributed by atoms with Gasteiger partial charge in [-0.25, -0.2) is 0 Å². The van der Waals surface area contributed by atoms with Crippen LogP contribution in [0.3, 0.4) is 0 Å². The van der Waals surface area contributed by atoms with Crippen molar-refractivity contribution in [3.63, 3.8) is 0 Å². The summed E-state index contributed by atoms with van der Waals surface area (Å²) in [5, 5.41) is 6.67. The van der Waals surface area contributed by atoms with Crippen molar-refractivity contribution >= 4 is 23.6 Å². The van der Waals surface area contributed by atoms with E-state index in [1.165, 1.54) is 0 Å². The second kappa shape index (κ2) is 3.21. The Morgan fingerprint density at radius 2 is 2.25 bits per heavy atom. The minimum absolute atomic E-state index is 0.0278. The molecule has 0 rings (SSSR count). The molecule has 0 radical (unpaired) electrons. The zero-order chi connectivity index (χ0) is 6.57. The highest BCUT2D eigenvalue weighted by molar-refractivity contribution is 6.53. The topological polar surface area (TPSA) is 66.9 Å². The van der Waals surface area contributed by atoms with Crippen molar-refractivity contribution in [2.75, 3.05) is 0 Å². The van der Waals surface area contributed by atoms with Gasteiger partial charge in [0.2, 0.25) is 0 Å². The fourth-order valence-electron chi connectivity index (χ4n) is 0.146. The molecule has 0 spiro atoms. The predicted molar refractivity (Wildman–Crippen MR) is 31.9 cm³/mol. The lowest BCUT2D eigenvalue weighted by atomic mass is 10.4. The SMILES string of the molecule is N=C(C=O)/C(Cl)=C\N. The third-order valence-electron chi connectivity index (χ3n) is 0.521. The Hall–Kier alpha value is -0.830. The lowest BCUT2D eigenvalue weighted by Crippen LogP contribution is -1.98. The molecule has 0 aromatic rings. The number of halogens is 1. The molecule has 0 atom stereocenters. The molecule has 0 unspecified atom stereocenters. The van der Waals surface area contributed by atoms with Gasteiger partial charge in [-0.1, -0.05) is 11.6 Å². The summed E-state index contributed by atoms with van der Waals surface area (Å²) < 4.78 is 0. The van der Waals surface area contributed by atoms with Crippen molar-refractivity contribution < 1.29 is 4.79 Å². The molecule has 0 heterocycles. The number of aldehydes is 1. The van der Waals surface area contributed by atoms with Gasteiger partial charge in [0.25, 0.3) is 0 Å². The monoisotopic (exact) mass is 132 g/mol. The van der Waals surface area contributed by atoms with Gasteiger partial charge in [0.05, 0.1) is 5.03 Å². The van der Waals surface area contributed by atoms with Gasteiger partial charge < -0.3 is 5.73 Å². The summed E-state index contributed by atoms with van der Waals surface area (Å²) in [6.07, 6.45) is 1.32. The Kier molecular flexibility index (Phi) is 2.88. The second-order valence-corrected chi connectivity index (χ2v) is 1.45. The fourth-order valence-corrected chi connectivity index (χ4v) is 0.191. The zero-order valence-electron chi connectivity index (χ0n) is 4.02. The van der Waals surface area contributed by atoms with Crippen molar-refractivity contribution in [3.05, 3.63) is 11.2 Å². The summed E-state index contributed by atoms with van der Waals surface area (Å²) in [5.74, 6) is 0. The van der Waals surface area contributed by atoms with E-state index in [1.54, 1.807) is 0 Å². The highest BCUT2D eigenvalue weighted by atomic mass is 35.5. The van der Waals surface area contributed by atoms with E-state index in [9.17, 15) is 4.79 Å². The third-order valence-corrected chi connectivity index (χ3v) is 0.851. The van der Waals surface area contributed by atoms with Crippen LogP contribution in [-0.2, 0) is 4.79 Å². The number of nitrogens with one attached hydrogen (secondary N) is 1. The number of allylic oxidation sites excluding steroid dienone is 1. The van der Waals surface area contributed by atoms with E-state index in [0.29, 0.717) is 6.29 Å². The quantitative estimate of drug-likeness (QED) is 0.418. The van der Waals surface area contributed by atoms with Crippen LogP contribution in [0.4, 0.5) is 0 Å². The molecule has 0 fully saturated rings. The molecule has 0 aromatic carbocycles. The number of rotatable bonds is 2. The van der Waals surface area contributed by atoms with Gasteiger partial charge in [-0.05, 0) is 0 Å². The van der Waals surface area contributed by atoms with Crippen LogP contribution < -0.4 is 5.73 Å². The summed E-state index contributed by atoms with van der Waals surface area (Å²) >= 11 is 5.20. The normalized spacial score (nSPS) is 10.9. The van der Waals surface area contributed by atoms with E-state index in [1.807, 2.05) is 0 Å². The van der Waals surface area contributed by atoms with E-state index in [2.05, 4.69) is 0 Å². The van der Waals surface area contributed by atoms with Crippen LogP contribution in [-0.4, -0.2) is 12.0 Å². The van der Waals surface area contributed by atoms with Crippen LogP contribution in [0.15, 0.2) is 11.2 Å².